The van der Waals surface area contributed by atoms with Gasteiger partial charge in [-0.1, -0.05) is 24.3 Å². The van der Waals surface area contributed by atoms with Gasteiger partial charge in [0.05, 0.1) is 12.7 Å². The minimum Gasteiger partial charge on any atom is -0.490 e. The molecule has 0 bridgehead atoms. The number of hydrogen-bond acceptors (Lipinski definition) is 3. The highest BCUT2D eigenvalue weighted by molar-refractivity contribution is 5.94. The van der Waals surface area contributed by atoms with Crippen molar-refractivity contribution in [3.63, 3.8) is 0 Å². The smallest absolute Gasteiger partial charge is 0.251 e. The molecule has 0 spiro atoms. The summed E-state index contributed by atoms with van der Waals surface area (Å²) >= 11 is 0. The molecular formula is C20H23NO3. The number of benzene rings is 2. The Morgan fingerprint density at radius 1 is 1.04 bits per heavy atom. The van der Waals surface area contributed by atoms with Crippen molar-refractivity contribution in [2.75, 3.05) is 0 Å². The van der Waals surface area contributed by atoms with Crippen LogP contribution in [0.4, 0.5) is 0 Å². The van der Waals surface area contributed by atoms with Gasteiger partial charge in [0.15, 0.2) is 0 Å². The molecule has 0 saturated heterocycles. The molecule has 1 aliphatic rings. The van der Waals surface area contributed by atoms with Crippen LogP contribution in [-0.2, 0) is 13.2 Å². The van der Waals surface area contributed by atoms with E-state index in [1.807, 2.05) is 36.4 Å². The standard InChI is InChI=1S/C20H23NO3/c22-14-17-6-2-1-5-16(17)13-21-20(23)15-9-11-19(12-10-15)24-18-7-3-4-8-18/h1-2,5-6,9-12,18,22H,3-4,7-8,13-14H2,(H,21,23). The number of ether oxygens (including phenoxy) is 1. The Morgan fingerprint density at radius 2 is 1.71 bits per heavy atom. The van der Waals surface area contributed by atoms with Crippen molar-refractivity contribution in [2.24, 2.45) is 0 Å². The van der Waals surface area contributed by atoms with E-state index in [0.717, 1.165) is 29.7 Å². The molecule has 1 fully saturated rings. The van der Waals surface area contributed by atoms with E-state index in [-0.39, 0.29) is 12.5 Å². The number of amides is 1. The van der Waals surface area contributed by atoms with Gasteiger partial charge in [-0.15, -0.1) is 0 Å². The lowest BCUT2D eigenvalue weighted by Crippen LogP contribution is -2.23. The maximum atomic E-state index is 12.3. The molecule has 0 aliphatic heterocycles. The van der Waals surface area contributed by atoms with Crippen molar-refractivity contribution >= 4 is 5.91 Å². The van der Waals surface area contributed by atoms with Gasteiger partial charge in [-0.25, -0.2) is 0 Å². The normalized spacial score (nSPS) is 14.5. The Hall–Kier alpha value is -2.33. The monoisotopic (exact) mass is 325 g/mol. The number of nitrogens with one attached hydrogen (secondary N) is 1. The average Bonchev–Trinajstić information content (AvgIpc) is 3.13. The summed E-state index contributed by atoms with van der Waals surface area (Å²) in [5.74, 6) is 0.694. The molecule has 2 aromatic carbocycles. The van der Waals surface area contributed by atoms with Gasteiger partial charge in [-0.2, -0.15) is 0 Å². The third kappa shape index (κ3) is 4.15. The molecule has 1 amide bonds. The molecule has 0 aromatic heterocycles. The molecule has 2 aromatic rings. The van der Waals surface area contributed by atoms with E-state index in [1.165, 1.54) is 12.8 Å². The molecule has 4 heteroatoms. The van der Waals surface area contributed by atoms with Gasteiger partial charge in [-0.05, 0) is 61.1 Å². The molecule has 0 atom stereocenters. The summed E-state index contributed by atoms with van der Waals surface area (Å²) in [7, 11) is 0. The molecule has 4 nitrogen and oxygen atoms in total. The van der Waals surface area contributed by atoms with Gasteiger partial charge in [0.1, 0.15) is 5.75 Å². The molecule has 1 aliphatic carbocycles. The summed E-state index contributed by atoms with van der Waals surface area (Å²) in [5, 5.41) is 12.2. The second-order valence-corrected chi connectivity index (χ2v) is 6.16. The third-order valence-electron chi connectivity index (χ3n) is 4.45. The minimum absolute atomic E-state index is 0.0285. The summed E-state index contributed by atoms with van der Waals surface area (Å²) in [6, 6.07) is 14.8. The lowest BCUT2D eigenvalue weighted by Gasteiger charge is -2.13. The van der Waals surface area contributed by atoms with Crippen molar-refractivity contribution in [1.82, 2.24) is 5.32 Å². The Bertz CT molecular complexity index is 676. The zero-order chi connectivity index (χ0) is 16.8. The predicted molar refractivity (Wildman–Crippen MR) is 92.9 cm³/mol. The summed E-state index contributed by atoms with van der Waals surface area (Å²) in [6.07, 6.45) is 5.03. The van der Waals surface area contributed by atoms with Crippen molar-refractivity contribution in [3.05, 3.63) is 65.2 Å². The first-order chi connectivity index (χ1) is 11.8. The highest BCUT2D eigenvalue weighted by Crippen LogP contribution is 2.24. The Labute approximate surface area is 142 Å². The van der Waals surface area contributed by atoms with Gasteiger partial charge >= 0.3 is 0 Å². The second-order valence-electron chi connectivity index (χ2n) is 6.16. The maximum Gasteiger partial charge on any atom is 0.251 e. The van der Waals surface area contributed by atoms with E-state index in [0.29, 0.717) is 18.2 Å². The molecule has 2 N–H and O–H groups in total. The van der Waals surface area contributed by atoms with Gasteiger partial charge in [0.25, 0.3) is 5.91 Å². The van der Waals surface area contributed by atoms with Crippen LogP contribution in [0.5, 0.6) is 5.75 Å². The van der Waals surface area contributed by atoms with E-state index in [9.17, 15) is 9.90 Å². The average molecular weight is 325 g/mol. The van der Waals surface area contributed by atoms with Crippen LogP contribution in [0.2, 0.25) is 0 Å². The second kappa shape index (κ2) is 7.97. The fourth-order valence-corrected chi connectivity index (χ4v) is 3.05. The first kappa shape index (κ1) is 16.5. The number of aliphatic hydroxyl groups excluding tert-OH is 1. The van der Waals surface area contributed by atoms with Crippen LogP contribution >= 0.6 is 0 Å². The molecule has 126 valence electrons. The maximum absolute atomic E-state index is 12.3. The Balaban J connectivity index is 1.56. The van der Waals surface area contributed by atoms with Crippen LogP contribution in [0, 0.1) is 0 Å². The van der Waals surface area contributed by atoms with Gasteiger partial charge in [0.2, 0.25) is 0 Å². The molecule has 0 heterocycles. The van der Waals surface area contributed by atoms with Crippen LogP contribution in [0.25, 0.3) is 0 Å². The summed E-state index contributed by atoms with van der Waals surface area (Å²) in [6.45, 7) is 0.370. The predicted octanol–water partition coefficient (Wildman–Crippen LogP) is 3.43. The summed E-state index contributed by atoms with van der Waals surface area (Å²) < 4.78 is 5.91. The number of rotatable bonds is 6. The zero-order valence-corrected chi connectivity index (χ0v) is 13.7. The molecule has 0 unspecified atom stereocenters. The van der Waals surface area contributed by atoms with Gasteiger partial charge in [-0.3, -0.25) is 4.79 Å². The minimum atomic E-state index is -0.129. The SMILES string of the molecule is O=C(NCc1ccccc1CO)c1ccc(OC2CCCC2)cc1. The van der Waals surface area contributed by atoms with Crippen LogP contribution in [0.15, 0.2) is 48.5 Å². The topological polar surface area (TPSA) is 58.6 Å². The van der Waals surface area contributed by atoms with E-state index in [4.69, 9.17) is 4.74 Å². The molecule has 24 heavy (non-hydrogen) atoms. The summed E-state index contributed by atoms with van der Waals surface area (Å²) in [5.41, 5.74) is 2.36. The van der Waals surface area contributed by atoms with Gasteiger partial charge in [0, 0.05) is 12.1 Å². The van der Waals surface area contributed by atoms with Crippen molar-refractivity contribution in [3.8, 4) is 5.75 Å². The van der Waals surface area contributed by atoms with Crippen LogP contribution in [-0.4, -0.2) is 17.1 Å². The van der Waals surface area contributed by atoms with Gasteiger partial charge < -0.3 is 15.2 Å². The van der Waals surface area contributed by atoms with E-state index in [1.54, 1.807) is 12.1 Å². The largest absolute Gasteiger partial charge is 0.490 e. The quantitative estimate of drug-likeness (QED) is 0.855. The fourth-order valence-electron chi connectivity index (χ4n) is 3.05. The Morgan fingerprint density at radius 3 is 2.38 bits per heavy atom. The van der Waals surface area contributed by atoms with Crippen molar-refractivity contribution in [2.45, 2.75) is 44.9 Å². The van der Waals surface area contributed by atoms with Crippen LogP contribution < -0.4 is 10.1 Å². The van der Waals surface area contributed by atoms with Crippen molar-refractivity contribution < 1.29 is 14.6 Å². The Kier molecular flexibility index (Phi) is 5.49. The lowest BCUT2D eigenvalue weighted by molar-refractivity contribution is 0.0950. The number of carbonyl (C=O) groups excluding carboxylic acids is 1. The lowest BCUT2D eigenvalue weighted by atomic mass is 10.1. The van der Waals surface area contributed by atoms with E-state index >= 15 is 0 Å². The number of hydrogen-bond donors (Lipinski definition) is 2. The highest BCUT2D eigenvalue weighted by Gasteiger charge is 2.16. The molecule has 3 rings (SSSR count). The molecule has 1 saturated carbocycles. The highest BCUT2D eigenvalue weighted by atomic mass is 16.5. The fraction of sp³-hybridized carbons (Fsp3) is 0.350. The summed E-state index contributed by atoms with van der Waals surface area (Å²) in [4.78, 5) is 12.3. The number of aliphatic hydroxyl groups is 1. The first-order valence-electron chi connectivity index (χ1n) is 8.49. The van der Waals surface area contributed by atoms with Crippen molar-refractivity contribution in [1.29, 1.82) is 0 Å². The zero-order valence-electron chi connectivity index (χ0n) is 13.7. The number of carbonyl (C=O) groups is 1. The first-order valence-corrected chi connectivity index (χ1v) is 8.49. The van der Waals surface area contributed by atoms with Crippen LogP contribution in [0.3, 0.4) is 0 Å². The van der Waals surface area contributed by atoms with E-state index < -0.39 is 0 Å². The molecular weight excluding hydrogens is 302 g/mol. The molecule has 0 radical (unpaired) electrons. The van der Waals surface area contributed by atoms with Crippen LogP contribution in [0.1, 0.15) is 47.2 Å². The third-order valence-corrected chi connectivity index (χ3v) is 4.45. The van der Waals surface area contributed by atoms with E-state index in [2.05, 4.69) is 5.32 Å².